The van der Waals surface area contributed by atoms with Crippen molar-refractivity contribution in [3.8, 4) is 5.75 Å². The van der Waals surface area contributed by atoms with E-state index in [9.17, 15) is 9.90 Å². The fourth-order valence-corrected chi connectivity index (χ4v) is 4.79. The van der Waals surface area contributed by atoms with Crippen molar-refractivity contribution < 1.29 is 14.1 Å². The lowest BCUT2D eigenvalue weighted by Crippen LogP contribution is -2.23. The molecule has 1 rings (SSSR count). The summed E-state index contributed by atoms with van der Waals surface area (Å²) < 4.78 is 5.49. The van der Waals surface area contributed by atoms with E-state index in [1.165, 1.54) is 43.8 Å². The highest BCUT2D eigenvalue weighted by atomic mass is 32.2. The molecule has 2 atom stereocenters. The Labute approximate surface area is 183 Å². The lowest BCUT2D eigenvalue weighted by molar-refractivity contribution is -0.130. The summed E-state index contributed by atoms with van der Waals surface area (Å²) in [5, 5.41) is 10.5. The van der Waals surface area contributed by atoms with E-state index in [4.69, 9.17) is 4.18 Å². The predicted octanol–water partition coefficient (Wildman–Crippen LogP) is 7.85. The first-order valence-corrected chi connectivity index (χ1v) is 11.8. The van der Waals surface area contributed by atoms with E-state index in [1.54, 1.807) is 0 Å². The molecule has 29 heavy (non-hydrogen) atoms. The van der Waals surface area contributed by atoms with E-state index in [0.717, 1.165) is 24.0 Å². The molecule has 0 aliphatic rings. The van der Waals surface area contributed by atoms with Crippen LogP contribution in [0.2, 0.25) is 0 Å². The maximum absolute atomic E-state index is 11.6. The number of hydrogen-bond donors (Lipinski definition) is 1. The van der Waals surface area contributed by atoms with Crippen LogP contribution in [0.15, 0.2) is 12.1 Å². The lowest BCUT2D eigenvalue weighted by Gasteiger charge is -2.34. The largest absolute Gasteiger partial charge is 0.508 e. The zero-order chi connectivity index (χ0) is 22.4. The standard InChI is InChI=1S/C25H42O3S/c1-10-12-13-18(11-2)14-22(29-28-17(3)26)23-20(24(4,5)6)15-19(27)16-21(23)25(7,8)9/h15-16,18,22,27H,10-14H2,1-9H3. The Hall–Kier alpha value is -1.16. The Morgan fingerprint density at radius 2 is 1.59 bits per heavy atom. The maximum Gasteiger partial charge on any atom is 0.314 e. The van der Waals surface area contributed by atoms with Crippen LogP contribution in [0.4, 0.5) is 0 Å². The van der Waals surface area contributed by atoms with Crippen molar-refractivity contribution in [3.63, 3.8) is 0 Å². The third kappa shape index (κ3) is 7.88. The van der Waals surface area contributed by atoms with E-state index in [2.05, 4.69) is 55.4 Å². The van der Waals surface area contributed by atoms with Crippen molar-refractivity contribution in [2.24, 2.45) is 5.92 Å². The number of aromatic hydroxyl groups is 1. The molecule has 0 aliphatic carbocycles. The second-order valence-electron chi connectivity index (χ2n) is 10.3. The number of hydrogen-bond acceptors (Lipinski definition) is 4. The summed E-state index contributed by atoms with van der Waals surface area (Å²) in [5.74, 6) is 0.616. The van der Waals surface area contributed by atoms with Gasteiger partial charge < -0.3 is 9.29 Å². The highest BCUT2D eigenvalue weighted by Crippen LogP contribution is 2.47. The molecule has 4 heteroatoms. The number of unbranched alkanes of at least 4 members (excludes halogenated alkanes) is 1. The molecule has 1 N–H and O–H groups in total. The monoisotopic (exact) mass is 422 g/mol. The molecule has 0 heterocycles. The van der Waals surface area contributed by atoms with Crippen molar-refractivity contribution in [3.05, 3.63) is 28.8 Å². The number of benzene rings is 1. The smallest absolute Gasteiger partial charge is 0.314 e. The van der Waals surface area contributed by atoms with Crippen LogP contribution in [-0.2, 0) is 19.8 Å². The lowest BCUT2D eigenvalue weighted by atomic mass is 9.74. The van der Waals surface area contributed by atoms with E-state index < -0.39 is 0 Å². The molecule has 0 spiro atoms. The van der Waals surface area contributed by atoms with Gasteiger partial charge in [-0.3, -0.25) is 4.79 Å². The summed E-state index contributed by atoms with van der Waals surface area (Å²) in [4.78, 5) is 11.6. The van der Waals surface area contributed by atoms with Crippen molar-refractivity contribution in [2.75, 3.05) is 0 Å². The van der Waals surface area contributed by atoms with Crippen LogP contribution in [0.3, 0.4) is 0 Å². The van der Waals surface area contributed by atoms with Gasteiger partial charge in [-0.05, 0) is 52.0 Å². The van der Waals surface area contributed by atoms with Crippen LogP contribution in [0, 0.1) is 5.92 Å². The third-order valence-corrected chi connectivity index (χ3v) is 6.47. The van der Waals surface area contributed by atoms with Crippen molar-refractivity contribution in [1.29, 1.82) is 0 Å². The molecule has 0 saturated carbocycles. The minimum atomic E-state index is -0.269. The van der Waals surface area contributed by atoms with Gasteiger partial charge in [0.05, 0.1) is 17.3 Å². The third-order valence-electron chi connectivity index (χ3n) is 5.48. The zero-order valence-corrected chi connectivity index (χ0v) is 20.8. The van der Waals surface area contributed by atoms with Gasteiger partial charge in [0.1, 0.15) is 5.75 Å². The van der Waals surface area contributed by atoms with Crippen molar-refractivity contribution in [1.82, 2.24) is 0 Å². The second kappa shape index (κ2) is 10.7. The second-order valence-corrected chi connectivity index (χ2v) is 11.2. The summed E-state index contributed by atoms with van der Waals surface area (Å²) in [6.45, 7) is 19.0. The molecule has 1 aromatic carbocycles. The van der Waals surface area contributed by atoms with Gasteiger partial charge in [0.15, 0.2) is 0 Å². The van der Waals surface area contributed by atoms with Gasteiger partial charge in [-0.2, -0.15) is 0 Å². The van der Waals surface area contributed by atoms with E-state index in [1.807, 2.05) is 12.1 Å². The number of carbonyl (C=O) groups is 1. The van der Waals surface area contributed by atoms with Crippen LogP contribution in [0.5, 0.6) is 5.75 Å². The highest BCUT2D eigenvalue weighted by Gasteiger charge is 2.33. The molecule has 0 saturated heterocycles. The summed E-state index contributed by atoms with van der Waals surface area (Å²) >= 11 is 1.30. The topological polar surface area (TPSA) is 46.5 Å². The van der Waals surface area contributed by atoms with Gasteiger partial charge in [0.25, 0.3) is 0 Å². The quantitative estimate of drug-likeness (QED) is 0.412. The summed E-state index contributed by atoms with van der Waals surface area (Å²) in [7, 11) is 0. The Bertz CT molecular complexity index is 633. The average Bonchev–Trinajstić information content (AvgIpc) is 2.59. The first kappa shape index (κ1) is 25.9. The first-order valence-electron chi connectivity index (χ1n) is 11.0. The average molecular weight is 423 g/mol. The molecule has 0 aromatic heterocycles. The van der Waals surface area contributed by atoms with Crippen LogP contribution in [0.25, 0.3) is 0 Å². The van der Waals surface area contributed by atoms with E-state index >= 15 is 0 Å². The summed E-state index contributed by atoms with van der Waals surface area (Å²) in [5.41, 5.74) is 3.24. The van der Waals surface area contributed by atoms with E-state index in [-0.39, 0.29) is 22.0 Å². The molecule has 0 aliphatic heterocycles. The maximum atomic E-state index is 11.6. The van der Waals surface area contributed by atoms with Crippen LogP contribution in [0.1, 0.15) is 116 Å². The number of phenols is 1. The van der Waals surface area contributed by atoms with Gasteiger partial charge in [0.2, 0.25) is 0 Å². The number of rotatable bonds is 9. The van der Waals surface area contributed by atoms with E-state index in [0.29, 0.717) is 11.7 Å². The molecule has 1 aromatic rings. The minimum absolute atomic E-state index is 0.0461. The highest BCUT2D eigenvalue weighted by molar-refractivity contribution is 7.95. The molecule has 0 amide bonds. The van der Waals surface area contributed by atoms with Gasteiger partial charge in [-0.15, -0.1) is 0 Å². The van der Waals surface area contributed by atoms with Crippen LogP contribution < -0.4 is 0 Å². The van der Waals surface area contributed by atoms with Gasteiger partial charge in [-0.1, -0.05) is 81.1 Å². The normalized spacial score (nSPS) is 14.5. The SMILES string of the molecule is CCCCC(CC)CC(SOC(C)=O)c1c(C(C)(C)C)cc(O)cc1C(C)(C)C. The molecule has 3 nitrogen and oxygen atoms in total. The predicted molar refractivity (Wildman–Crippen MR) is 126 cm³/mol. The van der Waals surface area contributed by atoms with Gasteiger partial charge >= 0.3 is 5.97 Å². The molecular formula is C25H42O3S. The molecule has 0 fully saturated rings. The Morgan fingerprint density at radius 3 is 1.97 bits per heavy atom. The van der Waals surface area contributed by atoms with Crippen LogP contribution in [-0.4, -0.2) is 11.1 Å². The molecule has 2 unspecified atom stereocenters. The fourth-order valence-electron chi connectivity index (χ4n) is 3.84. The molecule has 166 valence electrons. The summed E-state index contributed by atoms with van der Waals surface area (Å²) in [6.07, 6.45) is 5.68. The van der Waals surface area contributed by atoms with Gasteiger partial charge in [-0.25, -0.2) is 0 Å². The molecule has 0 radical (unpaired) electrons. The van der Waals surface area contributed by atoms with Crippen molar-refractivity contribution >= 4 is 18.0 Å². The molecular weight excluding hydrogens is 380 g/mol. The Balaban J connectivity index is 3.60. The Morgan fingerprint density at radius 1 is 1.07 bits per heavy atom. The first-order chi connectivity index (χ1) is 13.3. The minimum Gasteiger partial charge on any atom is -0.508 e. The van der Waals surface area contributed by atoms with Gasteiger partial charge in [0, 0.05) is 6.92 Å². The van der Waals surface area contributed by atoms with Crippen LogP contribution >= 0.6 is 12.0 Å². The molecule has 0 bridgehead atoms. The fraction of sp³-hybridized carbons (Fsp3) is 0.720. The Kier molecular flexibility index (Phi) is 9.59. The number of phenolic OH excluding ortho intramolecular Hbond substituents is 1. The number of carbonyl (C=O) groups excluding carboxylic acids is 1. The summed E-state index contributed by atoms with van der Waals surface area (Å²) in [6, 6.07) is 3.80. The zero-order valence-electron chi connectivity index (χ0n) is 20.0. The van der Waals surface area contributed by atoms with Crippen molar-refractivity contribution in [2.45, 2.75) is 110 Å².